The molecule has 8 rings (SSSR count). The minimum absolute atomic E-state index is 0. The van der Waals surface area contributed by atoms with E-state index in [2.05, 4.69) is 147 Å². The van der Waals surface area contributed by atoms with Crippen LogP contribution >= 0.6 is 0 Å². The van der Waals surface area contributed by atoms with E-state index >= 15 is 0 Å². The summed E-state index contributed by atoms with van der Waals surface area (Å²) in [4.78, 5) is 0. The number of hydrogen-bond donors (Lipinski definition) is 0. The van der Waals surface area contributed by atoms with Gasteiger partial charge in [-0.15, -0.1) is 0 Å². The van der Waals surface area contributed by atoms with Gasteiger partial charge in [0.05, 0.1) is 0 Å². The predicted molar refractivity (Wildman–Crippen MR) is 196 cm³/mol. The maximum absolute atomic E-state index is 2.53. The van der Waals surface area contributed by atoms with Gasteiger partial charge in [0, 0.05) is 47.6 Å². The molecule has 0 spiro atoms. The fourth-order valence-electron chi connectivity index (χ4n) is 8.01. The van der Waals surface area contributed by atoms with Crippen molar-refractivity contribution in [2.24, 2.45) is 0 Å². The van der Waals surface area contributed by atoms with Gasteiger partial charge in [-0.1, -0.05) is 171 Å². The van der Waals surface area contributed by atoms with Crippen molar-refractivity contribution in [2.75, 3.05) is 0 Å². The second kappa shape index (κ2) is 13.3. The van der Waals surface area contributed by atoms with Gasteiger partial charge in [0.15, 0.2) is 0 Å². The molecular formula is C44H38SiZr. The molecule has 6 aromatic rings. The summed E-state index contributed by atoms with van der Waals surface area (Å²) in [6.45, 7) is 4.68. The number of allylic oxidation sites excluding steroid dienone is 2. The second-order valence-electron chi connectivity index (χ2n) is 12.6. The van der Waals surface area contributed by atoms with Crippen LogP contribution in [0.2, 0.25) is 12.1 Å². The molecule has 0 aliphatic heterocycles. The maximum Gasteiger partial charge on any atom is 0.0397 e. The topological polar surface area (TPSA) is 0 Å². The summed E-state index contributed by atoms with van der Waals surface area (Å²) < 4.78 is 0. The molecule has 6 aromatic carbocycles. The fourth-order valence-corrected chi connectivity index (χ4v) is 9.72. The van der Waals surface area contributed by atoms with Crippen LogP contribution in [0.3, 0.4) is 0 Å². The molecule has 0 aromatic heterocycles. The zero-order valence-electron chi connectivity index (χ0n) is 26.7. The van der Waals surface area contributed by atoms with Gasteiger partial charge >= 0.3 is 0 Å². The molecule has 0 amide bonds. The summed E-state index contributed by atoms with van der Waals surface area (Å²) >= 11 is 0. The van der Waals surface area contributed by atoms with Crippen molar-refractivity contribution in [3.8, 4) is 22.3 Å². The molecule has 2 heteroatoms. The van der Waals surface area contributed by atoms with Gasteiger partial charge in [-0.05, 0) is 78.9 Å². The minimum atomic E-state index is 0. The smallest absolute Gasteiger partial charge is 0.0397 e. The van der Waals surface area contributed by atoms with Crippen molar-refractivity contribution in [1.82, 2.24) is 0 Å². The van der Waals surface area contributed by atoms with E-state index < -0.39 is 0 Å². The van der Waals surface area contributed by atoms with Gasteiger partial charge in [0.1, 0.15) is 0 Å². The molecule has 222 valence electrons. The van der Waals surface area contributed by atoms with Crippen molar-refractivity contribution in [1.29, 1.82) is 0 Å². The zero-order chi connectivity index (χ0) is 30.3. The number of hydrogen-bond acceptors (Lipinski definition) is 0. The van der Waals surface area contributed by atoms with Crippen LogP contribution in [0.1, 0.15) is 60.8 Å². The van der Waals surface area contributed by atoms with E-state index in [9.17, 15) is 0 Å². The molecule has 2 aliphatic rings. The average Bonchev–Trinajstić information content (AvgIpc) is 3.65. The Bertz CT molecular complexity index is 1970. The molecule has 46 heavy (non-hydrogen) atoms. The normalized spacial score (nSPS) is 16.6. The molecule has 0 fully saturated rings. The molecule has 2 atom stereocenters. The Morgan fingerprint density at radius 1 is 0.457 bits per heavy atom. The van der Waals surface area contributed by atoms with Crippen molar-refractivity contribution in [3.63, 3.8) is 0 Å². The van der Waals surface area contributed by atoms with Crippen LogP contribution in [0.15, 0.2) is 132 Å². The van der Waals surface area contributed by atoms with Gasteiger partial charge < -0.3 is 0 Å². The van der Waals surface area contributed by atoms with E-state index in [1.165, 1.54) is 78.1 Å². The summed E-state index contributed by atoms with van der Waals surface area (Å²) in [6.07, 6.45) is 7.28. The summed E-state index contributed by atoms with van der Waals surface area (Å²) in [5, 5.41) is 5.30. The Balaban J connectivity index is 0.00000338. The Morgan fingerprint density at radius 3 is 1.30 bits per heavy atom. The first-order valence-electron chi connectivity index (χ1n) is 16.6. The third kappa shape index (κ3) is 5.34. The van der Waals surface area contributed by atoms with Crippen LogP contribution in [-0.2, 0) is 26.2 Å². The van der Waals surface area contributed by atoms with Crippen LogP contribution in [-0.4, -0.2) is 9.52 Å². The van der Waals surface area contributed by atoms with Gasteiger partial charge in [0.2, 0.25) is 0 Å². The van der Waals surface area contributed by atoms with Crippen molar-refractivity contribution in [3.05, 3.63) is 155 Å². The standard InChI is InChI=1S/C44H38Si.Zr/c1-3-29-25-41-37(35-19-9-15-31-13-5-7-17-33(31)35)21-11-23-39(41)43(29)27-45-28-44-30(4-2)26-42-38(22-12-24-40(42)44)36-20-10-16-32-14-6-8-18-34(32)36;/h5-26,43-44H,3-4,27-28H2,1-2H3;. The number of benzene rings is 6. The summed E-state index contributed by atoms with van der Waals surface area (Å²) in [5.41, 5.74) is 14.6. The predicted octanol–water partition coefficient (Wildman–Crippen LogP) is 12.3. The molecule has 0 saturated heterocycles. The summed E-state index contributed by atoms with van der Waals surface area (Å²) in [6, 6.07) is 47.6. The van der Waals surface area contributed by atoms with E-state index in [0.717, 1.165) is 22.4 Å². The zero-order valence-corrected chi connectivity index (χ0v) is 30.1. The third-order valence-electron chi connectivity index (χ3n) is 10.3. The van der Waals surface area contributed by atoms with Gasteiger partial charge in [-0.25, -0.2) is 0 Å². The summed E-state index contributed by atoms with van der Waals surface area (Å²) in [7, 11) is 0.916. The van der Waals surface area contributed by atoms with E-state index in [0.29, 0.717) is 11.8 Å². The molecule has 2 radical (unpaired) electrons. The number of rotatable bonds is 8. The van der Waals surface area contributed by atoms with Crippen LogP contribution in [0.5, 0.6) is 0 Å². The quantitative estimate of drug-likeness (QED) is 0.140. The molecule has 2 unspecified atom stereocenters. The third-order valence-corrected chi connectivity index (χ3v) is 11.7. The first-order valence-corrected chi connectivity index (χ1v) is 18.0. The monoisotopic (exact) mass is 684 g/mol. The Hall–Kier alpha value is -3.58. The van der Waals surface area contributed by atoms with Crippen molar-refractivity contribution < 1.29 is 26.2 Å². The van der Waals surface area contributed by atoms with E-state index in [1.54, 1.807) is 11.1 Å². The first-order chi connectivity index (χ1) is 22.2. The van der Waals surface area contributed by atoms with Crippen molar-refractivity contribution in [2.45, 2.75) is 50.6 Å². The molecule has 2 aliphatic carbocycles. The molecule has 0 bridgehead atoms. The van der Waals surface area contributed by atoms with E-state index in [1.807, 2.05) is 0 Å². The second-order valence-corrected chi connectivity index (χ2v) is 13.9. The average molecular weight is 686 g/mol. The van der Waals surface area contributed by atoms with E-state index in [4.69, 9.17) is 0 Å². The minimum Gasteiger partial charge on any atom is -0.0626 e. The van der Waals surface area contributed by atoms with Crippen LogP contribution < -0.4 is 0 Å². The SMILES string of the molecule is CCC1=Cc2c(-c3cccc4ccccc34)cccc2C1C[Si]CC1C(CC)=Cc2c(-c3cccc4ccccc34)cccc21.[Zr]. The molecule has 0 heterocycles. The van der Waals surface area contributed by atoms with Gasteiger partial charge in [-0.2, -0.15) is 0 Å². The van der Waals surface area contributed by atoms with Crippen LogP contribution in [0.4, 0.5) is 0 Å². The van der Waals surface area contributed by atoms with Crippen LogP contribution in [0, 0.1) is 0 Å². The molecule has 0 N–H and O–H groups in total. The molecule has 0 saturated carbocycles. The fraction of sp³-hybridized carbons (Fsp3) is 0.182. The first kappa shape index (κ1) is 31.0. The molecule has 0 nitrogen and oxygen atoms in total. The number of fused-ring (bicyclic) bond motifs is 4. The van der Waals surface area contributed by atoms with Gasteiger partial charge in [-0.3, -0.25) is 0 Å². The molecular weight excluding hydrogens is 648 g/mol. The van der Waals surface area contributed by atoms with Crippen LogP contribution in [0.25, 0.3) is 56.0 Å². The Kier molecular flexibility index (Phi) is 8.95. The summed E-state index contributed by atoms with van der Waals surface area (Å²) in [5.74, 6) is 1.05. The Morgan fingerprint density at radius 2 is 0.848 bits per heavy atom. The maximum atomic E-state index is 2.53. The van der Waals surface area contributed by atoms with Gasteiger partial charge in [0.25, 0.3) is 0 Å². The Labute approximate surface area is 295 Å². The van der Waals surface area contributed by atoms with Crippen molar-refractivity contribution >= 4 is 43.2 Å². The largest absolute Gasteiger partial charge is 0.0626 e. The van der Waals surface area contributed by atoms with E-state index in [-0.39, 0.29) is 26.2 Å².